The molecule has 1 unspecified atom stereocenters. The standard InChI is InChI=1S/C26H33NO3/c1-21(27-24(20-28)19-22-13-7-4-8-14-22)26(2,3)17-11-6-12-18-30-25(29)23-15-9-5-10-16-23/h4-5,7-10,13-16,20,24,27H,1,6,11-12,17-19H2,2-3H3. The van der Waals surface area contributed by atoms with Crippen molar-refractivity contribution in [3.63, 3.8) is 0 Å². The summed E-state index contributed by atoms with van der Waals surface area (Å²) in [6.07, 6.45) is 5.35. The van der Waals surface area contributed by atoms with E-state index in [0.29, 0.717) is 18.6 Å². The zero-order chi connectivity index (χ0) is 21.8. The first-order valence-electron chi connectivity index (χ1n) is 10.6. The lowest BCUT2D eigenvalue weighted by molar-refractivity contribution is -0.109. The van der Waals surface area contributed by atoms with E-state index in [0.717, 1.165) is 43.2 Å². The molecule has 4 nitrogen and oxygen atoms in total. The molecule has 0 bridgehead atoms. The van der Waals surface area contributed by atoms with E-state index in [1.807, 2.05) is 48.5 Å². The van der Waals surface area contributed by atoms with Crippen LogP contribution in [0.1, 0.15) is 55.5 Å². The number of esters is 1. The summed E-state index contributed by atoms with van der Waals surface area (Å²) in [6.45, 7) is 8.90. The molecule has 0 spiro atoms. The summed E-state index contributed by atoms with van der Waals surface area (Å²) in [5.74, 6) is -0.271. The van der Waals surface area contributed by atoms with Gasteiger partial charge in [0.1, 0.15) is 6.29 Å². The van der Waals surface area contributed by atoms with Crippen LogP contribution in [0.2, 0.25) is 0 Å². The van der Waals surface area contributed by atoms with E-state index >= 15 is 0 Å². The number of benzene rings is 2. The molecule has 0 radical (unpaired) electrons. The van der Waals surface area contributed by atoms with Gasteiger partial charge in [-0.3, -0.25) is 0 Å². The number of nitrogens with one attached hydrogen (secondary N) is 1. The molecule has 0 aliphatic rings. The fourth-order valence-corrected chi connectivity index (χ4v) is 3.24. The summed E-state index contributed by atoms with van der Waals surface area (Å²) in [5.41, 5.74) is 2.46. The molecule has 30 heavy (non-hydrogen) atoms. The summed E-state index contributed by atoms with van der Waals surface area (Å²) in [4.78, 5) is 23.4. The lowest BCUT2D eigenvalue weighted by Crippen LogP contribution is -2.37. The second kappa shape index (κ2) is 12.0. The Bertz CT molecular complexity index is 800. The zero-order valence-corrected chi connectivity index (χ0v) is 18.1. The Morgan fingerprint density at radius 2 is 1.67 bits per heavy atom. The Kier molecular flexibility index (Phi) is 9.33. The van der Waals surface area contributed by atoms with Crippen molar-refractivity contribution >= 4 is 12.3 Å². The molecular formula is C26H33NO3. The van der Waals surface area contributed by atoms with Crippen LogP contribution in [-0.4, -0.2) is 24.9 Å². The minimum atomic E-state index is -0.281. The van der Waals surface area contributed by atoms with E-state index < -0.39 is 0 Å². The highest BCUT2D eigenvalue weighted by atomic mass is 16.5. The van der Waals surface area contributed by atoms with Gasteiger partial charge in [0.15, 0.2) is 0 Å². The number of rotatable bonds is 13. The van der Waals surface area contributed by atoms with Crippen LogP contribution < -0.4 is 5.32 Å². The molecule has 2 rings (SSSR count). The lowest BCUT2D eigenvalue weighted by Gasteiger charge is -2.30. The summed E-state index contributed by atoms with van der Waals surface area (Å²) in [6, 6.07) is 18.7. The molecule has 0 aliphatic carbocycles. The second-order valence-electron chi connectivity index (χ2n) is 8.25. The molecule has 0 fully saturated rings. The van der Waals surface area contributed by atoms with Crippen LogP contribution >= 0.6 is 0 Å². The van der Waals surface area contributed by atoms with Crippen molar-refractivity contribution in [2.24, 2.45) is 5.41 Å². The number of carbonyl (C=O) groups is 2. The van der Waals surface area contributed by atoms with E-state index in [-0.39, 0.29) is 17.4 Å². The van der Waals surface area contributed by atoms with Crippen LogP contribution in [0.15, 0.2) is 72.9 Å². The van der Waals surface area contributed by atoms with Gasteiger partial charge in [0.05, 0.1) is 18.2 Å². The predicted octanol–water partition coefficient (Wildman–Crippen LogP) is 5.34. The molecule has 0 aromatic heterocycles. The molecule has 2 aromatic carbocycles. The topological polar surface area (TPSA) is 55.4 Å². The molecular weight excluding hydrogens is 374 g/mol. The van der Waals surface area contributed by atoms with Gasteiger partial charge >= 0.3 is 5.97 Å². The van der Waals surface area contributed by atoms with E-state index in [4.69, 9.17) is 4.74 Å². The van der Waals surface area contributed by atoms with Gasteiger partial charge in [-0.05, 0) is 37.0 Å². The van der Waals surface area contributed by atoms with Crippen LogP contribution in [0.5, 0.6) is 0 Å². The van der Waals surface area contributed by atoms with Gasteiger partial charge in [-0.1, -0.05) is 81.8 Å². The van der Waals surface area contributed by atoms with Gasteiger partial charge in [0.25, 0.3) is 0 Å². The van der Waals surface area contributed by atoms with Gasteiger partial charge in [0.2, 0.25) is 0 Å². The third kappa shape index (κ3) is 7.86. The summed E-state index contributed by atoms with van der Waals surface area (Å²) < 4.78 is 5.32. The quantitative estimate of drug-likeness (QED) is 0.276. The zero-order valence-electron chi connectivity index (χ0n) is 18.1. The Labute approximate surface area is 180 Å². The number of hydrogen-bond donors (Lipinski definition) is 1. The smallest absolute Gasteiger partial charge is 0.338 e. The molecule has 0 heterocycles. The Morgan fingerprint density at radius 1 is 1.03 bits per heavy atom. The minimum Gasteiger partial charge on any atom is -0.462 e. The fraction of sp³-hybridized carbons (Fsp3) is 0.385. The molecule has 160 valence electrons. The summed E-state index contributed by atoms with van der Waals surface area (Å²) >= 11 is 0. The van der Waals surface area contributed by atoms with E-state index in [9.17, 15) is 9.59 Å². The molecule has 0 saturated heterocycles. The summed E-state index contributed by atoms with van der Waals surface area (Å²) in [7, 11) is 0. The highest BCUT2D eigenvalue weighted by Gasteiger charge is 2.23. The van der Waals surface area contributed by atoms with Crippen molar-refractivity contribution in [2.75, 3.05) is 6.61 Å². The van der Waals surface area contributed by atoms with Crippen LogP contribution in [0, 0.1) is 5.41 Å². The van der Waals surface area contributed by atoms with Crippen molar-refractivity contribution in [3.8, 4) is 0 Å². The van der Waals surface area contributed by atoms with Crippen molar-refractivity contribution in [3.05, 3.63) is 84.1 Å². The van der Waals surface area contributed by atoms with Crippen molar-refractivity contribution in [1.29, 1.82) is 0 Å². The number of ether oxygens (including phenoxy) is 1. The van der Waals surface area contributed by atoms with Gasteiger partial charge in [-0.25, -0.2) is 4.79 Å². The van der Waals surface area contributed by atoms with Crippen LogP contribution in [0.25, 0.3) is 0 Å². The number of aldehydes is 1. The maximum atomic E-state index is 11.9. The van der Waals surface area contributed by atoms with E-state index in [2.05, 4.69) is 25.7 Å². The Balaban J connectivity index is 1.67. The van der Waals surface area contributed by atoms with Crippen LogP contribution in [0.3, 0.4) is 0 Å². The predicted molar refractivity (Wildman–Crippen MR) is 121 cm³/mol. The van der Waals surface area contributed by atoms with Gasteiger partial charge in [-0.15, -0.1) is 0 Å². The second-order valence-corrected chi connectivity index (χ2v) is 8.25. The monoisotopic (exact) mass is 407 g/mol. The van der Waals surface area contributed by atoms with E-state index in [1.165, 1.54) is 0 Å². The van der Waals surface area contributed by atoms with Crippen LogP contribution in [0.4, 0.5) is 0 Å². The lowest BCUT2D eigenvalue weighted by atomic mass is 9.83. The number of carbonyl (C=O) groups excluding carboxylic acids is 2. The fourth-order valence-electron chi connectivity index (χ4n) is 3.24. The van der Waals surface area contributed by atoms with Gasteiger partial charge < -0.3 is 14.8 Å². The van der Waals surface area contributed by atoms with E-state index in [1.54, 1.807) is 12.1 Å². The molecule has 0 saturated carbocycles. The van der Waals surface area contributed by atoms with Crippen molar-refractivity contribution in [2.45, 2.75) is 52.0 Å². The third-order valence-electron chi connectivity index (χ3n) is 5.33. The molecule has 1 N–H and O–H groups in total. The highest BCUT2D eigenvalue weighted by Crippen LogP contribution is 2.30. The first-order chi connectivity index (χ1) is 14.4. The average Bonchev–Trinajstić information content (AvgIpc) is 2.76. The molecule has 0 aliphatic heterocycles. The van der Waals surface area contributed by atoms with Gasteiger partial charge in [0, 0.05) is 11.1 Å². The molecule has 2 aromatic rings. The van der Waals surface area contributed by atoms with Crippen molar-refractivity contribution in [1.82, 2.24) is 5.32 Å². The first kappa shape index (κ1) is 23.4. The molecule has 1 atom stereocenters. The molecule has 0 amide bonds. The van der Waals surface area contributed by atoms with Gasteiger partial charge in [-0.2, -0.15) is 0 Å². The normalized spacial score (nSPS) is 12.1. The largest absolute Gasteiger partial charge is 0.462 e. The number of hydrogen-bond acceptors (Lipinski definition) is 4. The first-order valence-corrected chi connectivity index (χ1v) is 10.6. The maximum Gasteiger partial charge on any atom is 0.338 e. The Hall–Kier alpha value is -2.88. The SMILES string of the molecule is C=C(NC(C=O)Cc1ccccc1)C(C)(C)CCCCCOC(=O)c1ccccc1. The maximum absolute atomic E-state index is 11.9. The third-order valence-corrected chi connectivity index (χ3v) is 5.33. The van der Waals surface area contributed by atoms with Crippen LogP contribution in [-0.2, 0) is 16.0 Å². The Morgan fingerprint density at radius 3 is 2.30 bits per heavy atom. The summed E-state index contributed by atoms with van der Waals surface area (Å²) in [5, 5.41) is 3.31. The molecule has 4 heteroatoms. The number of unbranched alkanes of at least 4 members (excludes halogenated alkanes) is 2. The average molecular weight is 408 g/mol. The van der Waals surface area contributed by atoms with Crippen molar-refractivity contribution < 1.29 is 14.3 Å². The highest BCUT2D eigenvalue weighted by molar-refractivity contribution is 5.89. The minimum absolute atomic E-state index is 0.126. The number of allylic oxidation sites excluding steroid dienone is 1.